The van der Waals surface area contributed by atoms with Crippen LogP contribution >= 0.6 is 0 Å². The van der Waals surface area contributed by atoms with E-state index in [1.165, 1.54) is 83.5 Å². The first-order valence-electron chi connectivity index (χ1n) is 8.02. The minimum absolute atomic E-state index is 0. The van der Waals surface area contributed by atoms with Crippen molar-refractivity contribution in [1.82, 2.24) is 0 Å². The van der Waals surface area contributed by atoms with E-state index in [2.05, 4.69) is 6.92 Å². The summed E-state index contributed by atoms with van der Waals surface area (Å²) in [5.41, 5.74) is 0. The minimum atomic E-state index is 0. The molecule has 1 nitrogen and oxygen atoms in total. The summed E-state index contributed by atoms with van der Waals surface area (Å²) in [6.07, 6.45) is 19.2. The summed E-state index contributed by atoms with van der Waals surface area (Å²) in [5, 5.41) is 8.64. The Morgan fingerprint density at radius 1 is 0.500 bits per heavy atom. The fourth-order valence-electron chi connectivity index (χ4n) is 2.31. The van der Waals surface area contributed by atoms with E-state index in [1.54, 1.807) is 0 Å². The van der Waals surface area contributed by atoms with Crippen molar-refractivity contribution in [2.24, 2.45) is 0 Å². The third-order valence-electron chi connectivity index (χ3n) is 3.51. The molecule has 0 fully saturated rings. The van der Waals surface area contributed by atoms with Gasteiger partial charge in [0.2, 0.25) is 0 Å². The van der Waals surface area contributed by atoms with Gasteiger partial charge in [-0.25, -0.2) is 0 Å². The number of aliphatic hydroxyl groups is 1. The van der Waals surface area contributed by atoms with Crippen LogP contribution in [0.15, 0.2) is 0 Å². The molecule has 0 aliphatic heterocycles. The number of hydrogen-bond acceptors (Lipinski definition) is 1. The SMILES string of the molecule is CCCCCCCCCCCCCCCCO.[AlH3]. The van der Waals surface area contributed by atoms with Crippen molar-refractivity contribution in [2.45, 2.75) is 96.8 Å². The molecule has 0 bridgehead atoms. The van der Waals surface area contributed by atoms with E-state index >= 15 is 0 Å². The second-order valence-electron chi connectivity index (χ2n) is 5.32. The predicted octanol–water partition coefficient (Wildman–Crippen LogP) is 4.28. The van der Waals surface area contributed by atoms with E-state index in [9.17, 15) is 0 Å². The van der Waals surface area contributed by atoms with Gasteiger partial charge < -0.3 is 5.11 Å². The van der Waals surface area contributed by atoms with Gasteiger partial charge >= 0.3 is 0 Å². The van der Waals surface area contributed by atoms with Crippen molar-refractivity contribution < 1.29 is 5.11 Å². The van der Waals surface area contributed by atoms with Gasteiger partial charge in [0, 0.05) is 6.61 Å². The second-order valence-corrected chi connectivity index (χ2v) is 5.32. The third-order valence-corrected chi connectivity index (χ3v) is 3.51. The topological polar surface area (TPSA) is 20.2 Å². The van der Waals surface area contributed by atoms with Crippen LogP contribution in [0, 0.1) is 0 Å². The largest absolute Gasteiger partial charge is 0.396 e. The predicted molar refractivity (Wildman–Crippen MR) is 87.3 cm³/mol. The molecule has 2 heteroatoms. The quantitative estimate of drug-likeness (QED) is 0.370. The van der Waals surface area contributed by atoms with Gasteiger partial charge in [-0.2, -0.15) is 0 Å². The highest BCUT2D eigenvalue weighted by molar-refractivity contribution is 5.75. The molecular formula is C16H37AlO. The molecule has 0 unspecified atom stereocenters. The molecule has 0 heterocycles. The maximum atomic E-state index is 8.64. The average Bonchev–Trinajstić information content (AvgIpc) is 2.35. The lowest BCUT2D eigenvalue weighted by atomic mass is 10.0. The first-order chi connectivity index (χ1) is 8.41. The summed E-state index contributed by atoms with van der Waals surface area (Å²) in [4.78, 5) is 0. The highest BCUT2D eigenvalue weighted by Crippen LogP contribution is 2.12. The Morgan fingerprint density at radius 2 is 0.778 bits per heavy atom. The Balaban J connectivity index is 0. The van der Waals surface area contributed by atoms with Crippen molar-refractivity contribution in [2.75, 3.05) is 6.61 Å². The standard InChI is InChI=1S/C16H34O.Al.3H/c1-2-3-4-5-6-7-8-9-10-11-12-13-14-15-16-17;;;;/h17H,2-16H2,1H3;;;;. The summed E-state index contributed by atoms with van der Waals surface area (Å²) in [6, 6.07) is 0. The van der Waals surface area contributed by atoms with Crippen LogP contribution in [0.3, 0.4) is 0 Å². The fraction of sp³-hybridized carbons (Fsp3) is 1.00. The van der Waals surface area contributed by atoms with Crippen molar-refractivity contribution in [3.05, 3.63) is 0 Å². The molecule has 0 aromatic heterocycles. The van der Waals surface area contributed by atoms with Gasteiger partial charge in [-0.15, -0.1) is 0 Å². The van der Waals surface area contributed by atoms with Crippen molar-refractivity contribution >= 4 is 17.4 Å². The third kappa shape index (κ3) is 18.8. The Bertz CT molecular complexity index is 114. The molecular weight excluding hydrogens is 235 g/mol. The van der Waals surface area contributed by atoms with Gasteiger partial charge in [-0.05, 0) is 6.42 Å². The van der Waals surface area contributed by atoms with Gasteiger partial charge in [0.1, 0.15) is 0 Å². The van der Waals surface area contributed by atoms with E-state index in [0.29, 0.717) is 6.61 Å². The van der Waals surface area contributed by atoms with Gasteiger partial charge in [-0.1, -0.05) is 90.4 Å². The van der Waals surface area contributed by atoms with Crippen LogP contribution in [0.25, 0.3) is 0 Å². The summed E-state index contributed by atoms with van der Waals surface area (Å²) in [6.45, 7) is 2.65. The average molecular weight is 272 g/mol. The van der Waals surface area contributed by atoms with Crippen LogP contribution in [0.4, 0.5) is 0 Å². The van der Waals surface area contributed by atoms with Crippen LogP contribution in [0.1, 0.15) is 96.8 Å². The molecule has 0 atom stereocenters. The van der Waals surface area contributed by atoms with E-state index in [-0.39, 0.29) is 17.4 Å². The van der Waals surface area contributed by atoms with E-state index < -0.39 is 0 Å². The maximum Gasteiger partial charge on any atom is 0.187 e. The zero-order valence-electron chi connectivity index (χ0n) is 12.1. The van der Waals surface area contributed by atoms with E-state index in [1.807, 2.05) is 0 Å². The molecule has 0 spiro atoms. The Hall–Kier alpha value is 0.492. The summed E-state index contributed by atoms with van der Waals surface area (Å²) in [5.74, 6) is 0. The molecule has 0 aliphatic carbocycles. The summed E-state index contributed by atoms with van der Waals surface area (Å²) in [7, 11) is 0. The highest BCUT2D eigenvalue weighted by Gasteiger charge is 1.93. The van der Waals surface area contributed by atoms with Gasteiger partial charge in [0.25, 0.3) is 0 Å². The lowest BCUT2D eigenvalue weighted by Crippen LogP contribution is -1.84. The lowest BCUT2D eigenvalue weighted by Gasteiger charge is -2.02. The Kier molecular flexibility index (Phi) is 22.9. The number of hydrogen-bond donors (Lipinski definition) is 1. The lowest BCUT2D eigenvalue weighted by molar-refractivity contribution is 0.282. The zero-order valence-corrected chi connectivity index (χ0v) is 12.1. The molecule has 0 aromatic rings. The smallest absolute Gasteiger partial charge is 0.187 e. The number of rotatable bonds is 14. The maximum absolute atomic E-state index is 8.64. The molecule has 1 N–H and O–H groups in total. The molecule has 0 amide bonds. The van der Waals surface area contributed by atoms with Gasteiger partial charge in [0.15, 0.2) is 17.4 Å². The number of aliphatic hydroxyl groups excluding tert-OH is 1. The van der Waals surface area contributed by atoms with Crippen LogP contribution in [-0.4, -0.2) is 29.1 Å². The molecule has 0 rings (SSSR count). The van der Waals surface area contributed by atoms with E-state index in [4.69, 9.17) is 5.11 Å². The molecule has 0 saturated heterocycles. The zero-order chi connectivity index (χ0) is 12.6. The Morgan fingerprint density at radius 3 is 1.06 bits per heavy atom. The van der Waals surface area contributed by atoms with Crippen LogP contribution in [0.5, 0.6) is 0 Å². The first kappa shape index (κ1) is 20.8. The molecule has 110 valence electrons. The normalized spacial score (nSPS) is 10.3. The van der Waals surface area contributed by atoms with Crippen LogP contribution in [0.2, 0.25) is 0 Å². The van der Waals surface area contributed by atoms with Crippen molar-refractivity contribution in [1.29, 1.82) is 0 Å². The Labute approximate surface area is 126 Å². The summed E-state index contributed by atoms with van der Waals surface area (Å²) >= 11 is 0. The highest BCUT2D eigenvalue weighted by atomic mass is 27.0. The molecule has 0 radical (unpaired) electrons. The van der Waals surface area contributed by atoms with Crippen molar-refractivity contribution in [3.63, 3.8) is 0 Å². The summed E-state index contributed by atoms with van der Waals surface area (Å²) < 4.78 is 0. The molecule has 0 aromatic carbocycles. The van der Waals surface area contributed by atoms with Gasteiger partial charge in [-0.3, -0.25) is 0 Å². The molecule has 0 aliphatic rings. The van der Waals surface area contributed by atoms with Crippen LogP contribution < -0.4 is 0 Å². The van der Waals surface area contributed by atoms with Crippen molar-refractivity contribution in [3.8, 4) is 0 Å². The van der Waals surface area contributed by atoms with E-state index in [0.717, 1.165) is 6.42 Å². The van der Waals surface area contributed by atoms with Gasteiger partial charge in [0.05, 0.1) is 0 Å². The molecule has 18 heavy (non-hydrogen) atoms. The monoisotopic (exact) mass is 272 g/mol. The number of unbranched alkanes of at least 4 members (excludes halogenated alkanes) is 13. The second kappa shape index (κ2) is 19.8. The minimum Gasteiger partial charge on any atom is -0.396 e. The fourth-order valence-corrected chi connectivity index (χ4v) is 2.31. The molecule has 0 saturated carbocycles. The first-order valence-corrected chi connectivity index (χ1v) is 8.02. The van der Waals surface area contributed by atoms with Crippen LogP contribution in [-0.2, 0) is 0 Å².